The van der Waals surface area contributed by atoms with Crippen molar-refractivity contribution < 1.29 is 8.42 Å². The second-order valence-electron chi connectivity index (χ2n) is 6.46. The van der Waals surface area contributed by atoms with Gasteiger partial charge in [-0.3, -0.25) is 0 Å². The Balaban J connectivity index is 1.75. The first-order valence-electron chi connectivity index (χ1n) is 8.24. The van der Waals surface area contributed by atoms with Gasteiger partial charge in [-0.1, -0.05) is 25.3 Å². The summed E-state index contributed by atoms with van der Waals surface area (Å²) in [4.78, 5) is 4.70. The average Bonchev–Trinajstić information content (AvgIpc) is 2.98. The minimum absolute atomic E-state index is 0.108. The van der Waals surface area contributed by atoms with Gasteiger partial charge in [0, 0.05) is 12.6 Å². The van der Waals surface area contributed by atoms with Crippen molar-refractivity contribution in [3.05, 3.63) is 23.9 Å². The maximum atomic E-state index is 11.9. The smallest absolute Gasteiger partial charge is 0.211 e. The molecule has 22 heavy (non-hydrogen) atoms. The Morgan fingerprint density at radius 1 is 1.14 bits per heavy atom. The molecule has 1 aliphatic heterocycles. The summed E-state index contributed by atoms with van der Waals surface area (Å²) < 4.78 is 25.4. The molecule has 5 nitrogen and oxygen atoms in total. The van der Waals surface area contributed by atoms with Crippen LogP contribution in [-0.4, -0.2) is 36.5 Å². The van der Waals surface area contributed by atoms with Crippen LogP contribution < -0.4 is 5.32 Å². The van der Waals surface area contributed by atoms with Crippen LogP contribution in [-0.2, 0) is 10.0 Å². The fourth-order valence-corrected chi connectivity index (χ4v) is 4.74. The molecule has 0 radical (unpaired) electrons. The normalized spacial score (nSPS) is 24.5. The van der Waals surface area contributed by atoms with E-state index < -0.39 is 10.0 Å². The van der Waals surface area contributed by atoms with Crippen molar-refractivity contribution in [2.75, 3.05) is 18.1 Å². The fraction of sp³-hybridized carbons (Fsp3) is 0.688. The summed E-state index contributed by atoms with van der Waals surface area (Å²) in [5.41, 5.74) is 0.865. The SMILES string of the molecule is CS(=O)(=O)N1CCC[C@H]1c1cccc(NC2CCCCC2)n1. The number of hydrogen-bond acceptors (Lipinski definition) is 4. The molecule has 0 bridgehead atoms. The molecule has 0 amide bonds. The van der Waals surface area contributed by atoms with E-state index in [0.717, 1.165) is 24.4 Å². The lowest BCUT2D eigenvalue weighted by Crippen LogP contribution is -2.30. The zero-order valence-electron chi connectivity index (χ0n) is 13.2. The molecule has 6 heteroatoms. The standard InChI is InChI=1S/C16H25N3O2S/c1-22(20,21)19-12-6-10-15(19)14-9-5-11-16(18-14)17-13-7-3-2-4-8-13/h5,9,11,13,15H,2-4,6-8,10,12H2,1H3,(H,17,18)/t15-/m0/s1. The van der Waals surface area contributed by atoms with E-state index in [9.17, 15) is 8.42 Å². The quantitative estimate of drug-likeness (QED) is 0.925. The first-order chi connectivity index (χ1) is 10.5. The van der Waals surface area contributed by atoms with Crippen LogP contribution in [0.15, 0.2) is 18.2 Å². The van der Waals surface area contributed by atoms with E-state index in [0.29, 0.717) is 12.6 Å². The van der Waals surface area contributed by atoms with Crippen LogP contribution in [0.25, 0.3) is 0 Å². The molecule has 1 aromatic heterocycles. The molecule has 0 aromatic carbocycles. The number of sulfonamides is 1. The van der Waals surface area contributed by atoms with Gasteiger partial charge < -0.3 is 5.32 Å². The van der Waals surface area contributed by atoms with E-state index in [4.69, 9.17) is 4.98 Å². The van der Waals surface area contributed by atoms with Crippen molar-refractivity contribution in [3.63, 3.8) is 0 Å². The third-order valence-corrected chi connectivity index (χ3v) is 5.99. The van der Waals surface area contributed by atoms with Crippen LogP contribution in [0.2, 0.25) is 0 Å². The van der Waals surface area contributed by atoms with Gasteiger partial charge in [0.25, 0.3) is 0 Å². The van der Waals surface area contributed by atoms with Crippen molar-refractivity contribution in [2.24, 2.45) is 0 Å². The zero-order chi connectivity index (χ0) is 15.6. The molecule has 2 heterocycles. The van der Waals surface area contributed by atoms with Gasteiger partial charge in [-0.05, 0) is 37.8 Å². The lowest BCUT2D eigenvalue weighted by Gasteiger charge is -2.25. The van der Waals surface area contributed by atoms with Crippen molar-refractivity contribution in [3.8, 4) is 0 Å². The second kappa shape index (κ2) is 6.54. The highest BCUT2D eigenvalue weighted by Crippen LogP contribution is 2.33. The number of aromatic nitrogens is 1. The van der Waals surface area contributed by atoms with Gasteiger partial charge in [-0.2, -0.15) is 4.31 Å². The van der Waals surface area contributed by atoms with Gasteiger partial charge >= 0.3 is 0 Å². The third-order valence-electron chi connectivity index (χ3n) is 4.70. The number of nitrogens with zero attached hydrogens (tertiary/aromatic N) is 2. The molecule has 1 atom stereocenters. The molecule has 1 saturated carbocycles. The Hall–Kier alpha value is -1.14. The van der Waals surface area contributed by atoms with E-state index in [2.05, 4.69) is 5.32 Å². The average molecular weight is 323 g/mol. The van der Waals surface area contributed by atoms with Gasteiger partial charge in [0.2, 0.25) is 10.0 Å². The molecule has 1 N–H and O–H groups in total. The van der Waals surface area contributed by atoms with Gasteiger partial charge in [0.1, 0.15) is 5.82 Å². The highest BCUT2D eigenvalue weighted by atomic mass is 32.2. The maximum absolute atomic E-state index is 11.9. The van der Waals surface area contributed by atoms with Crippen LogP contribution in [0.5, 0.6) is 0 Å². The van der Waals surface area contributed by atoms with Crippen molar-refractivity contribution >= 4 is 15.8 Å². The topological polar surface area (TPSA) is 62.3 Å². The van der Waals surface area contributed by atoms with Gasteiger partial charge in [-0.15, -0.1) is 0 Å². The maximum Gasteiger partial charge on any atom is 0.211 e. The summed E-state index contributed by atoms with van der Waals surface area (Å²) in [5, 5.41) is 3.52. The third kappa shape index (κ3) is 3.60. The zero-order valence-corrected chi connectivity index (χ0v) is 14.0. The van der Waals surface area contributed by atoms with E-state index in [1.807, 2.05) is 18.2 Å². The summed E-state index contributed by atoms with van der Waals surface area (Å²) in [5.74, 6) is 0.879. The van der Waals surface area contributed by atoms with Crippen LogP contribution in [0.3, 0.4) is 0 Å². The van der Waals surface area contributed by atoms with Gasteiger partial charge in [0.05, 0.1) is 18.0 Å². The Bertz CT molecular complexity index is 612. The highest BCUT2D eigenvalue weighted by Gasteiger charge is 2.33. The first-order valence-corrected chi connectivity index (χ1v) is 10.1. The molecule has 0 unspecified atom stereocenters. The number of anilines is 1. The molecule has 1 saturated heterocycles. The van der Waals surface area contributed by atoms with E-state index in [1.165, 1.54) is 38.4 Å². The molecule has 1 aliphatic carbocycles. The molecule has 1 aromatic rings. The van der Waals surface area contributed by atoms with E-state index in [1.54, 1.807) is 4.31 Å². The van der Waals surface area contributed by atoms with Crippen LogP contribution in [0.1, 0.15) is 56.7 Å². The fourth-order valence-electron chi connectivity index (χ4n) is 3.61. The minimum Gasteiger partial charge on any atom is -0.367 e. The molecular formula is C16H25N3O2S. The van der Waals surface area contributed by atoms with E-state index >= 15 is 0 Å². The van der Waals surface area contributed by atoms with Crippen LogP contribution in [0, 0.1) is 0 Å². The van der Waals surface area contributed by atoms with Crippen LogP contribution in [0.4, 0.5) is 5.82 Å². The monoisotopic (exact) mass is 323 g/mol. The number of pyridine rings is 1. The van der Waals surface area contributed by atoms with Crippen LogP contribution >= 0.6 is 0 Å². The predicted octanol–water partition coefficient (Wildman–Crippen LogP) is 2.92. The Morgan fingerprint density at radius 3 is 2.64 bits per heavy atom. The molecular weight excluding hydrogens is 298 g/mol. The predicted molar refractivity (Wildman–Crippen MR) is 88.3 cm³/mol. The van der Waals surface area contributed by atoms with Gasteiger partial charge in [0.15, 0.2) is 0 Å². The lowest BCUT2D eigenvalue weighted by molar-refractivity contribution is 0.394. The molecule has 0 spiro atoms. The van der Waals surface area contributed by atoms with Gasteiger partial charge in [-0.25, -0.2) is 13.4 Å². The number of nitrogens with one attached hydrogen (secondary N) is 1. The lowest BCUT2D eigenvalue weighted by atomic mass is 9.95. The Kier molecular flexibility index (Phi) is 4.68. The molecule has 3 rings (SSSR count). The summed E-state index contributed by atoms with van der Waals surface area (Å²) >= 11 is 0. The molecule has 2 fully saturated rings. The second-order valence-corrected chi connectivity index (χ2v) is 8.39. The summed E-state index contributed by atoms with van der Waals surface area (Å²) in [7, 11) is -3.17. The first kappa shape index (κ1) is 15.7. The largest absolute Gasteiger partial charge is 0.367 e. The van der Waals surface area contributed by atoms with Crippen molar-refractivity contribution in [2.45, 2.75) is 57.0 Å². The highest BCUT2D eigenvalue weighted by molar-refractivity contribution is 7.88. The van der Waals surface area contributed by atoms with Crippen molar-refractivity contribution in [1.29, 1.82) is 0 Å². The summed E-state index contributed by atoms with van der Waals surface area (Å²) in [6.07, 6.45) is 9.33. The minimum atomic E-state index is -3.17. The van der Waals surface area contributed by atoms with Crippen molar-refractivity contribution in [1.82, 2.24) is 9.29 Å². The Labute approximate surface area is 133 Å². The molecule has 122 valence electrons. The summed E-state index contributed by atoms with van der Waals surface area (Å²) in [6, 6.07) is 6.30. The summed E-state index contributed by atoms with van der Waals surface area (Å²) in [6.45, 7) is 0.603. The molecule has 2 aliphatic rings. The Morgan fingerprint density at radius 2 is 1.91 bits per heavy atom. The number of rotatable bonds is 4. The van der Waals surface area contributed by atoms with E-state index in [-0.39, 0.29) is 6.04 Å². The number of hydrogen-bond donors (Lipinski definition) is 1.